The molecule has 0 saturated heterocycles. The fourth-order valence-electron chi connectivity index (χ4n) is 3.52. The Hall–Kier alpha value is -4.06. The van der Waals surface area contributed by atoms with Crippen molar-refractivity contribution < 1.29 is 32.0 Å². The number of hydrogen-bond acceptors (Lipinski definition) is 9. The van der Waals surface area contributed by atoms with Crippen LogP contribution in [0.3, 0.4) is 0 Å². The van der Waals surface area contributed by atoms with Crippen molar-refractivity contribution in [3.05, 3.63) is 88.7 Å². The van der Waals surface area contributed by atoms with Gasteiger partial charge in [0.25, 0.3) is 10.1 Å². The average molecular weight is 525 g/mol. The fourth-order valence-corrected chi connectivity index (χ4v) is 5.10. The molecule has 1 aromatic heterocycles. The first-order chi connectivity index (χ1) is 17.2. The molecule has 0 amide bonds. The monoisotopic (exact) mass is 524 g/mol. The van der Waals surface area contributed by atoms with Crippen molar-refractivity contribution in [1.82, 2.24) is 4.98 Å². The van der Waals surface area contributed by atoms with Crippen molar-refractivity contribution in [2.45, 2.75) is 4.90 Å². The highest BCUT2D eigenvalue weighted by Gasteiger charge is 2.28. The van der Waals surface area contributed by atoms with Crippen LogP contribution in [-0.4, -0.2) is 44.1 Å². The molecule has 4 rings (SSSR count). The van der Waals surface area contributed by atoms with Crippen LogP contribution in [0.25, 0.3) is 22.4 Å². The zero-order valence-electron chi connectivity index (χ0n) is 19.1. The minimum absolute atomic E-state index is 0.0948. The number of anilines is 1. The molecule has 0 saturated carbocycles. The highest BCUT2D eigenvalue weighted by atomic mass is 32.2. The van der Waals surface area contributed by atoms with Gasteiger partial charge >= 0.3 is 11.9 Å². The number of benzene rings is 2. The summed E-state index contributed by atoms with van der Waals surface area (Å²) in [5.74, 6) is -1.63. The van der Waals surface area contributed by atoms with Gasteiger partial charge in [-0.25, -0.2) is 14.6 Å². The second kappa shape index (κ2) is 10.3. The standard InChI is InChI=1S/C25H20N2O7S2/c1-33-24(28)18-7-5-6-14-27(23(18)25(29)34-2)17-12-10-16(21(15-17)36(30,31)32)11-13-22-26-19-8-3-4-9-20(19)35-22/h3-15H,1-2H3,(H,30,31,32). The number of esters is 2. The molecule has 0 aliphatic carbocycles. The van der Waals surface area contributed by atoms with Gasteiger partial charge in [0.15, 0.2) is 0 Å². The molecule has 11 heteroatoms. The number of aromatic nitrogens is 1. The molecule has 3 aromatic rings. The third-order valence-electron chi connectivity index (χ3n) is 5.16. The Balaban J connectivity index is 1.81. The van der Waals surface area contributed by atoms with Crippen LogP contribution >= 0.6 is 11.3 Å². The Kier molecular flexibility index (Phi) is 7.15. The van der Waals surface area contributed by atoms with E-state index in [1.807, 2.05) is 24.3 Å². The fraction of sp³-hybridized carbons (Fsp3) is 0.0800. The maximum Gasteiger partial charge on any atom is 0.355 e. The van der Waals surface area contributed by atoms with Gasteiger partial charge in [-0.15, -0.1) is 11.3 Å². The van der Waals surface area contributed by atoms with Gasteiger partial charge in [-0.05, 0) is 48.1 Å². The van der Waals surface area contributed by atoms with Crippen molar-refractivity contribution >= 4 is 61.4 Å². The molecule has 1 N–H and O–H groups in total. The van der Waals surface area contributed by atoms with Crippen LogP contribution < -0.4 is 4.90 Å². The predicted octanol–water partition coefficient (Wildman–Crippen LogP) is 4.20. The molecule has 2 aromatic carbocycles. The second-order valence-corrected chi connectivity index (χ2v) is 9.82. The van der Waals surface area contributed by atoms with Crippen LogP contribution in [0.4, 0.5) is 5.69 Å². The molecule has 184 valence electrons. The topological polar surface area (TPSA) is 123 Å². The number of methoxy groups -OCH3 is 2. The Morgan fingerprint density at radius 1 is 1.03 bits per heavy atom. The lowest BCUT2D eigenvalue weighted by molar-refractivity contribution is -0.139. The maximum absolute atomic E-state index is 12.6. The van der Waals surface area contributed by atoms with Crippen molar-refractivity contribution in [3.8, 4) is 0 Å². The summed E-state index contributed by atoms with van der Waals surface area (Å²) in [6.45, 7) is 0. The Morgan fingerprint density at radius 3 is 2.47 bits per heavy atom. The molecule has 9 nitrogen and oxygen atoms in total. The first-order valence-corrected chi connectivity index (χ1v) is 12.7. The first kappa shape index (κ1) is 25.0. The number of fused-ring (bicyclic) bond motifs is 1. The molecule has 0 radical (unpaired) electrons. The number of hydrogen-bond donors (Lipinski definition) is 1. The van der Waals surface area contributed by atoms with E-state index in [1.165, 1.54) is 59.9 Å². The van der Waals surface area contributed by atoms with Crippen LogP contribution in [0.15, 0.2) is 83.1 Å². The molecule has 0 fully saturated rings. The van der Waals surface area contributed by atoms with E-state index in [1.54, 1.807) is 18.2 Å². The lowest BCUT2D eigenvalue weighted by Crippen LogP contribution is -2.27. The van der Waals surface area contributed by atoms with Crippen molar-refractivity contribution in [3.63, 3.8) is 0 Å². The number of carbonyl (C=O) groups excluding carboxylic acids is 2. The Morgan fingerprint density at radius 2 is 1.78 bits per heavy atom. The number of ether oxygens (including phenoxy) is 2. The summed E-state index contributed by atoms with van der Waals surface area (Å²) in [6.07, 6.45) is 9.09. The summed E-state index contributed by atoms with van der Waals surface area (Å²) in [7, 11) is -2.35. The van der Waals surface area contributed by atoms with Crippen LogP contribution in [0.1, 0.15) is 10.6 Å². The molecule has 1 aliphatic rings. The summed E-state index contributed by atoms with van der Waals surface area (Å²) in [5, 5.41) is 0.654. The molecule has 36 heavy (non-hydrogen) atoms. The van der Waals surface area contributed by atoms with Gasteiger partial charge in [0.1, 0.15) is 15.6 Å². The zero-order chi connectivity index (χ0) is 25.9. The molecular weight excluding hydrogens is 504 g/mol. The molecule has 0 atom stereocenters. The minimum Gasteiger partial charge on any atom is -0.465 e. The number of allylic oxidation sites excluding steroid dienone is 2. The van der Waals surface area contributed by atoms with Crippen LogP contribution in [0.5, 0.6) is 0 Å². The van der Waals surface area contributed by atoms with E-state index in [4.69, 9.17) is 9.47 Å². The van der Waals surface area contributed by atoms with Gasteiger partial charge in [0.05, 0.1) is 30.0 Å². The number of para-hydroxylation sites is 1. The minimum atomic E-state index is -4.67. The third kappa shape index (κ3) is 5.13. The predicted molar refractivity (Wildman–Crippen MR) is 137 cm³/mol. The highest BCUT2D eigenvalue weighted by Crippen LogP contribution is 2.31. The van der Waals surface area contributed by atoms with Crippen LogP contribution in [0.2, 0.25) is 0 Å². The Labute approximate surface area is 211 Å². The van der Waals surface area contributed by atoms with E-state index in [0.717, 1.165) is 17.3 Å². The summed E-state index contributed by atoms with van der Waals surface area (Å²) >= 11 is 1.43. The number of rotatable bonds is 6. The van der Waals surface area contributed by atoms with Crippen LogP contribution in [-0.2, 0) is 29.2 Å². The largest absolute Gasteiger partial charge is 0.465 e. The van der Waals surface area contributed by atoms with Crippen molar-refractivity contribution in [1.29, 1.82) is 0 Å². The van der Waals surface area contributed by atoms with Gasteiger partial charge in [0, 0.05) is 11.9 Å². The summed E-state index contributed by atoms with van der Waals surface area (Å²) in [4.78, 5) is 30.4. The molecule has 1 aliphatic heterocycles. The summed E-state index contributed by atoms with van der Waals surface area (Å²) in [6, 6.07) is 11.8. The van der Waals surface area contributed by atoms with E-state index in [9.17, 15) is 22.6 Å². The van der Waals surface area contributed by atoms with E-state index in [0.29, 0.717) is 5.01 Å². The smallest absolute Gasteiger partial charge is 0.355 e. The van der Waals surface area contributed by atoms with E-state index >= 15 is 0 Å². The zero-order valence-corrected chi connectivity index (χ0v) is 20.7. The lowest BCUT2D eigenvalue weighted by atomic mass is 10.1. The summed E-state index contributed by atoms with van der Waals surface area (Å²) < 4.78 is 45.1. The molecule has 0 bridgehead atoms. The van der Waals surface area contributed by atoms with Gasteiger partial charge in [0.2, 0.25) is 0 Å². The molecule has 0 spiro atoms. The van der Waals surface area contributed by atoms with Gasteiger partial charge in [-0.1, -0.05) is 30.4 Å². The molecular formula is C25H20N2O7S2. The van der Waals surface area contributed by atoms with E-state index in [2.05, 4.69) is 4.98 Å². The third-order valence-corrected chi connectivity index (χ3v) is 7.07. The van der Waals surface area contributed by atoms with Crippen molar-refractivity contribution in [2.24, 2.45) is 0 Å². The van der Waals surface area contributed by atoms with Crippen molar-refractivity contribution in [2.75, 3.05) is 19.1 Å². The van der Waals surface area contributed by atoms with E-state index < -0.39 is 27.0 Å². The normalized spacial score (nSPS) is 13.9. The first-order valence-electron chi connectivity index (χ1n) is 10.4. The molecule has 2 heterocycles. The second-order valence-electron chi connectivity index (χ2n) is 7.37. The van der Waals surface area contributed by atoms with Crippen LogP contribution in [0, 0.1) is 0 Å². The van der Waals surface area contributed by atoms with Gasteiger partial charge in [-0.2, -0.15) is 8.42 Å². The quantitative estimate of drug-likeness (QED) is 0.373. The number of thiazole rings is 1. The van der Waals surface area contributed by atoms with E-state index in [-0.39, 0.29) is 22.5 Å². The van der Waals surface area contributed by atoms with Gasteiger partial charge < -0.3 is 14.4 Å². The maximum atomic E-state index is 12.6. The van der Waals surface area contributed by atoms with Gasteiger partial charge in [-0.3, -0.25) is 4.55 Å². The lowest BCUT2D eigenvalue weighted by Gasteiger charge is -2.23. The highest BCUT2D eigenvalue weighted by molar-refractivity contribution is 7.86. The molecule has 0 unspecified atom stereocenters. The average Bonchev–Trinajstić information content (AvgIpc) is 3.16. The summed E-state index contributed by atoms with van der Waals surface area (Å²) in [5.41, 5.74) is 0.921. The SMILES string of the molecule is COC(=O)C1=C(C(=O)OC)N(c2ccc(C=Cc3nc4ccccc4s3)c(S(=O)(=O)O)c2)C=CC=C1. The Bertz CT molecular complexity index is 1550. The number of carbonyl (C=O) groups is 2. The number of nitrogens with zero attached hydrogens (tertiary/aromatic N) is 2.